The quantitative estimate of drug-likeness (QED) is 0.613. The molecule has 0 atom stereocenters. The number of nitrogens with zero attached hydrogens (tertiary/aromatic N) is 3. The number of amides is 2. The molecule has 0 aliphatic carbocycles. The van der Waals surface area contributed by atoms with Crippen molar-refractivity contribution in [2.24, 2.45) is 0 Å². The van der Waals surface area contributed by atoms with Crippen molar-refractivity contribution in [3.8, 4) is 5.75 Å². The molecule has 2 aromatic rings. The minimum Gasteiger partial charge on any atom is -0.409 e. The summed E-state index contributed by atoms with van der Waals surface area (Å²) in [7, 11) is 0. The van der Waals surface area contributed by atoms with E-state index in [0.29, 0.717) is 26.2 Å². The van der Waals surface area contributed by atoms with Crippen LogP contribution < -0.4 is 15.4 Å². The summed E-state index contributed by atoms with van der Waals surface area (Å²) in [5.74, 6) is -0.461. The number of rotatable bonds is 4. The lowest BCUT2D eigenvalue weighted by Crippen LogP contribution is -2.47. The molecule has 10 nitrogen and oxygen atoms in total. The van der Waals surface area contributed by atoms with Crippen molar-refractivity contribution in [1.29, 1.82) is 0 Å². The molecule has 26 heavy (non-hydrogen) atoms. The van der Waals surface area contributed by atoms with Crippen molar-refractivity contribution in [1.82, 2.24) is 15.2 Å². The lowest BCUT2D eigenvalue weighted by molar-refractivity contribution is -0.380. The summed E-state index contributed by atoms with van der Waals surface area (Å²) in [5.41, 5.74) is 0.133. The zero-order valence-corrected chi connectivity index (χ0v) is 14.3. The fraction of sp³-hybridized carbons (Fsp3) is 0.267. The van der Waals surface area contributed by atoms with Crippen molar-refractivity contribution in [2.75, 3.05) is 31.5 Å². The Balaban J connectivity index is 1.72. The molecule has 1 aliphatic heterocycles. The number of aromatic nitrogens is 1. The molecule has 136 valence electrons. The molecule has 11 heteroatoms. The smallest absolute Gasteiger partial charge is 0.409 e. The third-order valence-corrected chi connectivity index (χ3v) is 4.46. The number of nitrogens with one attached hydrogen (secondary N) is 2. The first-order valence-corrected chi connectivity index (χ1v) is 8.54. The second-order valence-electron chi connectivity index (χ2n) is 5.32. The van der Waals surface area contributed by atoms with Crippen LogP contribution in [0.1, 0.15) is 10.4 Å². The second kappa shape index (κ2) is 7.89. The Hall–Kier alpha value is -3.05. The summed E-state index contributed by atoms with van der Waals surface area (Å²) in [6.07, 6.45) is 0.535. The van der Waals surface area contributed by atoms with Gasteiger partial charge >= 0.3 is 11.1 Å². The number of para-hydroxylation sites is 1. The van der Waals surface area contributed by atoms with Crippen molar-refractivity contribution < 1.29 is 19.2 Å². The van der Waals surface area contributed by atoms with Gasteiger partial charge in [-0.1, -0.05) is 12.1 Å². The molecule has 0 spiro atoms. The topological polar surface area (TPSA) is 127 Å². The Labute approximate surface area is 151 Å². The van der Waals surface area contributed by atoms with E-state index in [1.165, 1.54) is 12.1 Å². The number of anilines is 1. The fourth-order valence-corrected chi connectivity index (χ4v) is 2.95. The summed E-state index contributed by atoms with van der Waals surface area (Å²) in [6.45, 7) is 2.41. The van der Waals surface area contributed by atoms with Gasteiger partial charge in [0.05, 0.1) is 10.5 Å². The van der Waals surface area contributed by atoms with Gasteiger partial charge in [-0.3, -0.25) is 20.2 Å². The number of ether oxygens (including phenoxy) is 1. The molecule has 1 saturated heterocycles. The number of carbonyl (C=O) groups is 2. The molecule has 2 N–H and O–H groups in total. The van der Waals surface area contributed by atoms with Gasteiger partial charge in [-0.25, -0.2) is 9.78 Å². The number of hydrogen-bond acceptors (Lipinski definition) is 8. The van der Waals surface area contributed by atoms with Gasteiger partial charge in [0.25, 0.3) is 5.91 Å². The third kappa shape index (κ3) is 4.13. The number of carbonyl (C=O) groups excluding carboxylic acids is 2. The van der Waals surface area contributed by atoms with Crippen LogP contribution in [-0.4, -0.2) is 53.0 Å². The molecule has 0 radical (unpaired) electrons. The zero-order valence-electron chi connectivity index (χ0n) is 13.5. The van der Waals surface area contributed by atoms with E-state index in [9.17, 15) is 19.7 Å². The van der Waals surface area contributed by atoms with Crippen molar-refractivity contribution in [2.45, 2.75) is 0 Å². The van der Waals surface area contributed by atoms with Crippen molar-refractivity contribution in [3.05, 3.63) is 46.1 Å². The SMILES string of the molecule is O=C(Nc1ncc([N+](=O)[O-])s1)c1ccccc1OC(=O)N1CCNCC1. The average Bonchev–Trinajstić information content (AvgIpc) is 3.11. The summed E-state index contributed by atoms with van der Waals surface area (Å²) < 4.78 is 5.36. The molecule has 1 aromatic carbocycles. The summed E-state index contributed by atoms with van der Waals surface area (Å²) in [5, 5.41) is 16.2. The van der Waals surface area contributed by atoms with Crippen LogP contribution in [0.25, 0.3) is 0 Å². The van der Waals surface area contributed by atoms with Crippen molar-refractivity contribution >= 4 is 33.5 Å². The highest BCUT2D eigenvalue weighted by Gasteiger charge is 2.22. The van der Waals surface area contributed by atoms with Crippen LogP contribution in [0.15, 0.2) is 30.5 Å². The Kier molecular flexibility index (Phi) is 5.39. The molecule has 0 bridgehead atoms. The third-order valence-electron chi connectivity index (χ3n) is 3.60. The molecule has 2 heterocycles. The molecule has 1 aliphatic rings. The van der Waals surface area contributed by atoms with Crippen LogP contribution in [0, 0.1) is 10.1 Å². The fourth-order valence-electron chi connectivity index (χ4n) is 2.32. The predicted molar refractivity (Wildman–Crippen MR) is 93.6 cm³/mol. The van der Waals surface area contributed by atoms with Crippen LogP contribution in [0.4, 0.5) is 14.9 Å². The van der Waals surface area contributed by atoms with E-state index < -0.39 is 16.9 Å². The standard InChI is InChI=1S/C15H15N5O5S/c21-13(18-14-17-9-12(26-14)20(23)24)10-3-1-2-4-11(10)25-15(22)19-7-5-16-6-8-19/h1-4,9,16H,5-8H2,(H,17,18,21). The van der Waals surface area contributed by atoms with E-state index in [0.717, 1.165) is 17.5 Å². The van der Waals surface area contributed by atoms with Crippen molar-refractivity contribution in [3.63, 3.8) is 0 Å². The molecular formula is C15H15N5O5S. The predicted octanol–water partition coefficient (Wildman–Crippen LogP) is 1.71. The normalized spacial score (nSPS) is 13.9. The zero-order chi connectivity index (χ0) is 18.5. The first-order chi connectivity index (χ1) is 12.5. The van der Waals surface area contributed by atoms with E-state index in [1.807, 2.05) is 0 Å². The highest BCUT2D eigenvalue weighted by molar-refractivity contribution is 7.18. The number of thiazole rings is 1. The Morgan fingerprint density at radius 3 is 2.73 bits per heavy atom. The van der Waals surface area contributed by atoms with Gasteiger partial charge in [-0.2, -0.15) is 0 Å². The summed E-state index contributed by atoms with van der Waals surface area (Å²) in [4.78, 5) is 40.1. The highest BCUT2D eigenvalue weighted by atomic mass is 32.1. The van der Waals surface area contributed by atoms with Crippen LogP contribution in [-0.2, 0) is 0 Å². The van der Waals surface area contributed by atoms with E-state index in [1.54, 1.807) is 17.0 Å². The van der Waals surface area contributed by atoms with E-state index in [2.05, 4.69) is 15.6 Å². The maximum absolute atomic E-state index is 12.4. The van der Waals surface area contributed by atoms with Crippen LogP contribution >= 0.6 is 11.3 Å². The van der Waals surface area contributed by atoms with Gasteiger partial charge in [-0.15, -0.1) is 0 Å². The van der Waals surface area contributed by atoms with Crippen LogP contribution in [0.2, 0.25) is 0 Å². The minimum absolute atomic E-state index is 0.0879. The number of nitro groups is 1. The first-order valence-electron chi connectivity index (χ1n) is 7.72. The number of piperazine rings is 1. The Morgan fingerprint density at radius 2 is 2.04 bits per heavy atom. The minimum atomic E-state index is -0.587. The maximum atomic E-state index is 12.4. The van der Waals surface area contributed by atoms with Gasteiger partial charge in [0.15, 0.2) is 5.13 Å². The lowest BCUT2D eigenvalue weighted by atomic mass is 10.2. The molecular weight excluding hydrogens is 362 g/mol. The van der Waals surface area contributed by atoms with Crippen LogP contribution in [0.5, 0.6) is 5.75 Å². The molecule has 0 unspecified atom stereocenters. The Bertz CT molecular complexity index is 833. The lowest BCUT2D eigenvalue weighted by Gasteiger charge is -2.26. The van der Waals surface area contributed by atoms with E-state index in [4.69, 9.17) is 4.74 Å². The summed E-state index contributed by atoms with van der Waals surface area (Å²) in [6, 6.07) is 6.28. The Morgan fingerprint density at radius 1 is 1.31 bits per heavy atom. The highest BCUT2D eigenvalue weighted by Crippen LogP contribution is 2.26. The van der Waals surface area contributed by atoms with Crippen LogP contribution in [0.3, 0.4) is 0 Å². The van der Waals surface area contributed by atoms with Gasteiger partial charge in [0.2, 0.25) is 0 Å². The van der Waals surface area contributed by atoms with E-state index in [-0.39, 0.29) is 21.4 Å². The number of benzene rings is 1. The largest absolute Gasteiger partial charge is 0.415 e. The van der Waals surface area contributed by atoms with Gasteiger partial charge in [-0.05, 0) is 23.5 Å². The first kappa shape index (κ1) is 17.8. The van der Waals surface area contributed by atoms with Gasteiger partial charge in [0.1, 0.15) is 11.9 Å². The second-order valence-corrected chi connectivity index (χ2v) is 6.33. The maximum Gasteiger partial charge on any atom is 0.415 e. The molecule has 0 saturated carbocycles. The molecule has 1 aromatic heterocycles. The number of hydrogen-bond donors (Lipinski definition) is 2. The molecule has 2 amide bonds. The molecule has 3 rings (SSSR count). The van der Waals surface area contributed by atoms with E-state index >= 15 is 0 Å². The monoisotopic (exact) mass is 377 g/mol. The van der Waals surface area contributed by atoms with Gasteiger partial charge in [0, 0.05) is 26.2 Å². The average molecular weight is 377 g/mol. The molecule has 1 fully saturated rings. The summed E-state index contributed by atoms with van der Waals surface area (Å²) >= 11 is 0.741. The van der Waals surface area contributed by atoms with Gasteiger partial charge < -0.3 is 15.0 Å².